The van der Waals surface area contributed by atoms with Crippen molar-refractivity contribution >= 4 is 34.1 Å². The van der Waals surface area contributed by atoms with Gasteiger partial charge in [0.2, 0.25) is 11.0 Å². The molecule has 6 nitrogen and oxygen atoms in total. The molecule has 8 heteroatoms. The number of rotatable bonds is 4. The molecule has 0 saturated heterocycles. The molecule has 0 bridgehead atoms. The summed E-state index contributed by atoms with van der Waals surface area (Å²) >= 11 is 2.57. The van der Waals surface area contributed by atoms with E-state index in [1.54, 1.807) is 0 Å². The molecule has 6 N–H and O–H groups in total. The van der Waals surface area contributed by atoms with Crippen LogP contribution in [0.3, 0.4) is 0 Å². The van der Waals surface area contributed by atoms with Crippen LogP contribution in [-0.4, -0.2) is 27.9 Å². The van der Waals surface area contributed by atoms with Crippen molar-refractivity contribution in [1.29, 1.82) is 0 Å². The Labute approximate surface area is 82.9 Å². The maximum atomic E-state index is 10.6. The zero-order chi connectivity index (χ0) is 9.84. The fraction of sp³-hybridized carbons (Fsp3) is 0.400. The highest BCUT2D eigenvalue weighted by Gasteiger charge is 2.11. The lowest BCUT2D eigenvalue weighted by atomic mass is 10.3. The van der Waals surface area contributed by atoms with Crippen LogP contribution in [0.5, 0.6) is 0 Å². The number of nitrogens with zero attached hydrogens (tertiary/aromatic N) is 2. The Morgan fingerprint density at radius 3 is 2.77 bits per heavy atom. The summed E-state index contributed by atoms with van der Waals surface area (Å²) in [7, 11) is 0. The van der Waals surface area contributed by atoms with Crippen LogP contribution >= 0.6 is 23.1 Å². The average molecular weight is 219 g/mol. The van der Waals surface area contributed by atoms with Crippen LogP contribution in [0.1, 0.15) is 0 Å². The van der Waals surface area contributed by atoms with E-state index < -0.39 is 11.9 Å². The Morgan fingerprint density at radius 1 is 1.62 bits per heavy atom. The second-order valence-electron chi connectivity index (χ2n) is 2.23. The third-order valence-electron chi connectivity index (χ3n) is 1.17. The monoisotopic (exact) mass is 219 g/mol. The Bertz CT molecular complexity index is 301. The fourth-order valence-electron chi connectivity index (χ4n) is 0.522. The van der Waals surface area contributed by atoms with Crippen LogP contribution in [0.15, 0.2) is 4.34 Å². The van der Waals surface area contributed by atoms with Crippen molar-refractivity contribution in [2.45, 2.75) is 10.4 Å². The van der Waals surface area contributed by atoms with Crippen LogP contribution in [-0.2, 0) is 4.79 Å². The van der Waals surface area contributed by atoms with Crippen molar-refractivity contribution in [2.75, 3.05) is 11.5 Å². The molecule has 1 heterocycles. The standard InChI is InChI=1S/C5H9N5OS2/c6-2(3(7)11)1-12-5-10-9-4(8)13-5/h2H,1,6H2,(H2,7,11)(H2,8,9). The number of carbonyl (C=O) groups excluding carboxylic acids is 1. The minimum Gasteiger partial charge on any atom is -0.374 e. The Balaban J connectivity index is 2.39. The van der Waals surface area contributed by atoms with Gasteiger partial charge in [0, 0.05) is 5.75 Å². The van der Waals surface area contributed by atoms with Gasteiger partial charge >= 0.3 is 0 Å². The molecule has 72 valence electrons. The molecule has 1 rings (SSSR count). The summed E-state index contributed by atoms with van der Waals surface area (Å²) in [6.07, 6.45) is 0. The lowest BCUT2D eigenvalue weighted by Crippen LogP contribution is -2.38. The number of anilines is 1. The zero-order valence-corrected chi connectivity index (χ0v) is 8.27. The maximum Gasteiger partial charge on any atom is 0.235 e. The van der Waals surface area contributed by atoms with E-state index in [0.29, 0.717) is 15.2 Å². The lowest BCUT2D eigenvalue weighted by Gasteiger charge is -2.03. The van der Waals surface area contributed by atoms with E-state index in [2.05, 4.69) is 10.2 Å². The molecule has 0 aliphatic rings. The first-order valence-corrected chi connectivity index (χ1v) is 5.16. The fourth-order valence-corrected chi connectivity index (χ4v) is 2.15. The molecule has 13 heavy (non-hydrogen) atoms. The molecule has 0 spiro atoms. The number of primary amides is 1. The van der Waals surface area contributed by atoms with Crippen molar-refractivity contribution in [1.82, 2.24) is 10.2 Å². The van der Waals surface area contributed by atoms with Gasteiger partial charge in [-0.15, -0.1) is 10.2 Å². The zero-order valence-electron chi connectivity index (χ0n) is 6.64. The highest BCUT2D eigenvalue weighted by Crippen LogP contribution is 2.23. The van der Waals surface area contributed by atoms with Crippen LogP contribution in [0.4, 0.5) is 5.13 Å². The van der Waals surface area contributed by atoms with Crippen LogP contribution in [0, 0.1) is 0 Å². The topological polar surface area (TPSA) is 121 Å². The van der Waals surface area contributed by atoms with Crippen LogP contribution in [0.2, 0.25) is 0 Å². The van der Waals surface area contributed by atoms with E-state index in [4.69, 9.17) is 17.2 Å². The van der Waals surface area contributed by atoms with Crippen molar-refractivity contribution < 1.29 is 4.79 Å². The van der Waals surface area contributed by atoms with Crippen LogP contribution < -0.4 is 17.2 Å². The van der Waals surface area contributed by atoms with E-state index in [-0.39, 0.29) is 0 Å². The number of hydrogen-bond donors (Lipinski definition) is 3. The number of nitrogen functional groups attached to an aromatic ring is 1. The molecule has 0 aromatic carbocycles. The van der Waals surface area contributed by atoms with Gasteiger partial charge in [-0.1, -0.05) is 23.1 Å². The van der Waals surface area contributed by atoms with E-state index >= 15 is 0 Å². The summed E-state index contributed by atoms with van der Waals surface area (Å²) in [5.74, 6) is -0.130. The van der Waals surface area contributed by atoms with Gasteiger partial charge in [0.05, 0.1) is 6.04 Å². The first kappa shape index (κ1) is 10.2. The highest BCUT2D eigenvalue weighted by atomic mass is 32.2. The third kappa shape index (κ3) is 3.17. The van der Waals surface area contributed by atoms with Crippen molar-refractivity contribution in [3.8, 4) is 0 Å². The molecular weight excluding hydrogens is 210 g/mol. The third-order valence-corrected chi connectivity index (χ3v) is 3.18. The van der Waals surface area contributed by atoms with Gasteiger partial charge in [-0.2, -0.15) is 0 Å². The molecule has 1 amide bonds. The van der Waals surface area contributed by atoms with Crippen molar-refractivity contribution in [3.63, 3.8) is 0 Å². The summed E-state index contributed by atoms with van der Waals surface area (Å²) in [6.45, 7) is 0. The van der Waals surface area contributed by atoms with Gasteiger partial charge in [0.25, 0.3) is 0 Å². The molecule has 1 aromatic heterocycles. The number of carbonyl (C=O) groups is 1. The Morgan fingerprint density at radius 2 is 2.31 bits per heavy atom. The first-order chi connectivity index (χ1) is 6.09. The highest BCUT2D eigenvalue weighted by molar-refractivity contribution is 8.01. The molecular formula is C5H9N5OS2. The minimum atomic E-state index is -0.657. The van der Waals surface area contributed by atoms with Gasteiger partial charge in [0.1, 0.15) is 0 Å². The summed E-state index contributed by atoms with van der Waals surface area (Å²) in [6, 6.07) is -0.657. The maximum absolute atomic E-state index is 10.6. The van der Waals surface area contributed by atoms with E-state index in [9.17, 15) is 4.79 Å². The molecule has 0 fully saturated rings. The molecule has 1 aromatic rings. The average Bonchev–Trinajstić information content (AvgIpc) is 2.47. The Hall–Kier alpha value is -0.860. The van der Waals surface area contributed by atoms with Crippen molar-refractivity contribution in [2.24, 2.45) is 11.5 Å². The van der Waals surface area contributed by atoms with Gasteiger partial charge < -0.3 is 17.2 Å². The Kier molecular flexibility index (Phi) is 3.46. The van der Waals surface area contributed by atoms with Crippen molar-refractivity contribution in [3.05, 3.63) is 0 Å². The summed E-state index contributed by atoms with van der Waals surface area (Å²) in [5, 5.41) is 7.75. The van der Waals surface area contributed by atoms with E-state index in [1.165, 1.54) is 23.1 Å². The van der Waals surface area contributed by atoms with Gasteiger partial charge in [-0.25, -0.2) is 0 Å². The SMILES string of the molecule is NC(=O)C(N)CSc1nnc(N)s1. The smallest absolute Gasteiger partial charge is 0.235 e. The molecule has 1 unspecified atom stereocenters. The molecule has 1 atom stereocenters. The summed E-state index contributed by atoms with van der Waals surface area (Å²) in [4.78, 5) is 10.6. The minimum absolute atomic E-state index is 0.393. The molecule has 0 radical (unpaired) electrons. The molecule has 0 aliphatic heterocycles. The number of amides is 1. The normalized spacial score (nSPS) is 12.7. The summed E-state index contributed by atoms with van der Waals surface area (Å²) in [5.41, 5.74) is 15.7. The van der Waals surface area contributed by atoms with E-state index in [1.807, 2.05) is 0 Å². The number of thioether (sulfide) groups is 1. The quantitative estimate of drug-likeness (QED) is 0.560. The largest absolute Gasteiger partial charge is 0.374 e. The predicted molar refractivity (Wildman–Crippen MR) is 52.2 cm³/mol. The second-order valence-corrected chi connectivity index (χ2v) is 4.50. The number of aromatic nitrogens is 2. The van der Waals surface area contributed by atoms with Crippen LogP contribution in [0.25, 0.3) is 0 Å². The summed E-state index contributed by atoms with van der Waals surface area (Å²) < 4.78 is 0.689. The predicted octanol–water partition coefficient (Wildman–Crippen LogP) is -0.975. The number of hydrogen-bond acceptors (Lipinski definition) is 7. The van der Waals surface area contributed by atoms with Gasteiger partial charge in [-0.3, -0.25) is 4.79 Å². The van der Waals surface area contributed by atoms with Gasteiger partial charge in [0.15, 0.2) is 4.34 Å². The lowest BCUT2D eigenvalue weighted by molar-refractivity contribution is -0.118. The molecule has 0 saturated carbocycles. The first-order valence-electron chi connectivity index (χ1n) is 3.36. The van der Waals surface area contributed by atoms with E-state index in [0.717, 1.165) is 0 Å². The molecule has 0 aliphatic carbocycles. The van der Waals surface area contributed by atoms with Gasteiger partial charge in [-0.05, 0) is 0 Å². The number of nitrogens with two attached hydrogens (primary N) is 3. The second kappa shape index (κ2) is 4.40.